The molecule has 0 amide bonds. The van der Waals surface area contributed by atoms with Crippen molar-refractivity contribution in [2.45, 2.75) is 0 Å². The standard InChI is InChI=1S/C4H8ClN3/c1-2-3-7-4(6)8-5/h2H,1,3H2,(H3,6,7,8). The van der Waals surface area contributed by atoms with Crippen LogP contribution >= 0.6 is 11.8 Å². The third-order valence-corrected chi connectivity index (χ3v) is 0.681. The van der Waals surface area contributed by atoms with Crippen LogP contribution in [0.1, 0.15) is 0 Å². The fourth-order valence-corrected chi connectivity index (χ4v) is 0.253. The molecule has 0 aromatic rings. The van der Waals surface area contributed by atoms with Crippen LogP contribution in [0.25, 0.3) is 0 Å². The largest absolute Gasteiger partial charge is 0.369 e. The maximum Gasteiger partial charge on any atom is 0.203 e. The summed E-state index contributed by atoms with van der Waals surface area (Å²) in [5.74, 6) is 0.214. The Morgan fingerprint density at radius 1 is 2.00 bits per heavy atom. The molecule has 0 aliphatic heterocycles. The van der Waals surface area contributed by atoms with Crippen LogP contribution in [0.3, 0.4) is 0 Å². The van der Waals surface area contributed by atoms with Gasteiger partial charge in [0.2, 0.25) is 5.96 Å². The molecule has 3 nitrogen and oxygen atoms in total. The van der Waals surface area contributed by atoms with E-state index in [4.69, 9.17) is 17.5 Å². The van der Waals surface area contributed by atoms with Crippen LogP contribution in [0, 0.1) is 0 Å². The highest BCUT2D eigenvalue weighted by Crippen LogP contribution is 1.69. The summed E-state index contributed by atoms with van der Waals surface area (Å²) in [6, 6.07) is 0. The highest BCUT2D eigenvalue weighted by Gasteiger charge is 1.79. The van der Waals surface area contributed by atoms with E-state index in [0.29, 0.717) is 6.54 Å². The number of nitrogens with zero attached hydrogens (tertiary/aromatic N) is 1. The van der Waals surface area contributed by atoms with Gasteiger partial charge in [-0.2, -0.15) is 0 Å². The van der Waals surface area contributed by atoms with Crippen LogP contribution in [0.2, 0.25) is 0 Å². The van der Waals surface area contributed by atoms with E-state index in [1.165, 1.54) is 0 Å². The zero-order valence-corrected chi connectivity index (χ0v) is 5.15. The minimum absolute atomic E-state index is 0.214. The fourth-order valence-electron chi connectivity index (χ4n) is 0.193. The lowest BCUT2D eigenvalue weighted by Crippen LogP contribution is -2.23. The molecule has 0 saturated carbocycles. The molecule has 0 radical (unpaired) electrons. The Labute approximate surface area is 53.3 Å². The van der Waals surface area contributed by atoms with Gasteiger partial charge in [-0.15, -0.1) is 6.58 Å². The zero-order chi connectivity index (χ0) is 6.41. The lowest BCUT2D eigenvalue weighted by molar-refractivity contribution is 1.19. The summed E-state index contributed by atoms with van der Waals surface area (Å²) in [6.45, 7) is 3.93. The van der Waals surface area contributed by atoms with Crippen LogP contribution in [0.4, 0.5) is 0 Å². The molecular formula is C4H8ClN3. The van der Waals surface area contributed by atoms with Gasteiger partial charge >= 0.3 is 0 Å². The number of rotatable bonds is 2. The second kappa shape index (κ2) is 4.46. The number of nitrogens with two attached hydrogens (primary N) is 1. The van der Waals surface area contributed by atoms with Crippen molar-refractivity contribution < 1.29 is 0 Å². The van der Waals surface area contributed by atoms with E-state index in [2.05, 4.69) is 16.4 Å². The second-order valence-electron chi connectivity index (χ2n) is 1.11. The molecule has 0 heterocycles. The third-order valence-electron chi connectivity index (χ3n) is 0.488. The molecule has 8 heavy (non-hydrogen) atoms. The highest BCUT2D eigenvalue weighted by molar-refractivity contribution is 6.21. The molecular weight excluding hydrogens is 126 g/mol. The van der Waals surface area contributed by atoms with Gasteiger partial charge in [-0.25, -0.2) is 4.99 Å². The number of halogens is 1. The van der Waals surface area contributed by atoms with E-state index in [-0.39, 0.29) is 5.96 Å². The molecule has 0 bridgehead atoms. The highest BCUT2D eigenvalue weighted by atomic mass is 35.5. The number of hydrogen-bond acceptors (Lipinski definition) is 1. The molecule has 46 valence electrons. The predicted octanol–water partition coefficient (Wildman–Crippen LogP) is 0.231. The van der Waals surface area contributed by atoms with Crippen molar-refractivity contribution in [1.29, 1.82) is 0 Å². The van der Waals surface area contributed by atoms with Gasteiger partial charge in [0.05, 0.1) is 6.54 Å². The molecule has 0 spiro atoms. The normalized spacial score (nSPS) is 10.9. The second-order valence-corrected chi connectivity index (χ2v) is 1.30. The van der Waals surface area contributed by atoms with Gasteiger partial charge in [-0.05, 0) is 0 Å². The van der Waals surface area contributed by atoms with E-state index < -0.39 is 0 Å². The van der Waals surface area contributed by atoms with Crippen LogP contribution < -0.4 is 10.6 Å². The number of guanidine groups is 1. The zero-order valence-electron chi connectivity index (χ0n) is 4.39. The molecule has 0 aromatic carbocycles. The molecule has 4 heteroatoms. The Hall–Kier alpha value is -0.700. The van der Waals surface area contributed by atoms with Gasteiger partial charge in [-0.3, -0.25) is 4.84 Å². The average Bonchev–Trinajstić information content (AvgIpc) is 1.83. The third kappa shape index (κ3) is 3.49. The van der Waals surface area contributed by atoms with Crippen molar-refractivity contribution in [2.24, 2.45) is 10.7 Å². The molecule has 0 fully saturated rings. The van der Waals surface area contributed by atoms with Crippen molar-refractivity contribution in [1.82, 2.24) is 4.84 Å². The summed E-state index contributed by atoms with van der Waals surface area (Å²) < 4.78 is 0. The van der Waals surface area contributed by atoms with E-state index in [0.717, 1.165) is 0 Å². The maximum absolute atomic E-state index is 5.12. The van der Waals surface area contributed by atoms with Gasteiger partial charge in [0.25, 0.3) is 0 Å². The minimum Gasteiger partial charge on any atom is -0.369 e. The summed E-state index contributed by atoms with van der Waals surface area (Å²) >= 11 is 5.05. The molecule has 0 aliphatic rings. The Morgan fingerprint density at radius 2 is 2.62 bits per heavy atom. The van der Waals surface area contributed by atoms with E-state index in [1.54, 1.807) is 6.08 Å². The van der Waals surface area contributed by atoms with Crippen LogP contribution in [-0.2, 0) is 0 Å². The van der Waals surface area contributed by atoms with Gasteiger partial charge in [0.15, 0.2) is 0 Å². The topological polar surface area (TPSA) is 50.4 Å². The summed E-state index contributed by atoms with van der Waals surface area (Å²) in [4.78, 5) is 5.85. The van der Waals surface area contributed by atoms with Gasteiger partial charge in [0, 0.05) is 11.8 Å². The lowest BCUT2D eigenvalue weighted by Gasteiger charge is -1.90. The molecule has 0 unspecified atom stereocenters. The Kier molecular flexibility index (Phi) is 4.07. The Morgan fingerprint density at radius 3 is 3.00 bits per heavy atom. The van der Waals surface area contributed by atoms with Crippen molar-refractivity contribution in [2.75, 3.05) is 6.54 Å². The van der Waals surface area contributed by atoms with Gasteiger partial charge in [-0.1, -0.05) is 6.08 Å². The first kappa shape index (κ1) is 7.30. The van der Waals surface area contributed by atoms with E-state index in [1.807, 2.05) is 0 Å². The molecule has 0 atom stereocenters. The smallest absolute Gasteiger partial charge is 0.203 e. The maximum atomic E-state index is 5.12. The molecule has 0 rings (SSSR count). The minimum atomic E-state index is 0.214. The SMILES string of the molecule is C=CCN=C(N)NCl. The van der Waals surface area contributed by atoms with Gasteiger partial charge < -0.3 is 5.73 Å². The molecule has 0 aromatic heterocycles. The van der Waals surface area contributed by atoms with Crippen molar-refractivity contribution >= 4 is 17.7 Å². The number of nitrogens with one attached hydrogen (secondary N) is 1. The van der Waals surface area contributed by atoms with Gasteiger partial charge in [0.1, 0.15) is 0 Å². The predicted molar refractivity (Wildman–Crippen MR) is 35.7 cm³/mol. The average molecular weight is 134 g/mol. The first-order valence-corrected chi connectivity index (χ1v) is 2.46. The monoisotopic (exact) mass is 133 g/mol. The van der Waals surface area contributed by atoms with E-state index in [9.17, 15) is 0 Å². The van der Waals surface area contributed by atoms with Crippen molar-refractivity contribution in [3.8, 4) is 0 Å². The van der Waals surface area contributed by atoms with Crippen LogP contribution in [-0.4, -0.2) is 12.5 Å². The first-order valence-electron chi connectivity index (χ1n) is 2.08. The fraction of sp³-hybridized carbons (Fsp3) is 0.250. The quantitative estimate of drug-likeness (QED) is 0.245. The Balaban J connectivity index is 3.40. The Bertz CT molecular complexity index is 99.5. The van der Waals surface area contributed by atoms with Crippen molar-refractivity contribution in [3.63, 3.8) is 0 Å². The van der Waals surface area contributed by atoms with E-state index >= 15 is 0 Å². The molecule has 0 saturated heterocycles. The molecule has 3 N–H and O–H groups in total. The lowest BCUT2D eigenvalue weighted by atomic mass is 10.6. The summed E-state index contributed by atoms with van der Waals surface area (Å²) in [7, 11) is 0. The number of hydrogen-bond donors (Lipinski definition) is 2. The summed E-state index contributed by atoms with van der Waals surface area (Å²) in [5, 5.41) is 0. The van der Waals surface area contributed by atoms with Crippen molar-refractivity contribution in [3.05, 3.63) is 12.7 Å². The van der Waals surface area contributed by atoms with Crippen LogP contribution in [0.15, 0.2) is 17.6 Å². The molecule has 0 aliphatic carbocycles. The van der Waals surface area contributed by atoms with Crippen LogP contribution in [0.5, 0.6) is 0 Å². The summed E-state index contributed by atoms with van der Waals surface area (Å²) in [6.07, 6.45) is 1.63. The summed E-state index contributed by atoms with van der Waals surface area (Å²) in [5.41, 5.74) is 5.12. The first-order chi connectivity index (χ1) is 3.81. The number of aliphatic imine (C=N–C) groups is 1.